The molecule has 2 rings (SSSR count). The van der Waals surface area contributed by atoms with E-state index in [1.165, 1.54) is 0 Å². The van der Waals surface area contributed by atoms with E-state index in [1.54, 1.807) is 24.3 Å². The van der Waals surface area contributed by atoms with Crippen molar-refractivity contribution in [3.63, 3.8) is 0 Å². The fraction of sp³-hybridized carbons (Fsp3) is 0.545. The van der Waals surface area contributed by atoms with Crippen LogP contribution in [0.2, 0.25) is 0 Å². The lowest BCUT2D eigenvalue weighted by atomic mass is 10.2. The summed E-state index contributed by atoms with van der Waals surface area (Å²) in [5, 5.41) is 12.3. The Morgan fingerprint density at radius 2 is 2.56 bits per heavy atom. The van der Waals surface area contributed by atoms with Gasteiger partial charge in [0.15, 0.2) is 0 Å². The van der Waals surface area contributed by atoms with Crippen LogP contribution in [0.25, 0.3) is 0 Å². The lowest BCUT2D eigenvalue weighted by Crippen LogP contribution is -2.41. The molecule has 16 heavy (non-hydrogen) atoms. The highest BCUT2D eigenvalue weighted by atomic mass is 16.3. The maximum Gasteiger partial charge on any atom is 0.239 e. The zero-order valence-corrected chi connectivity index (χ0v) is 9.22. The molecule has 2 unspecified atom stereocenters. The van der Waals surface area contributed by atoms with Crippen molar-refractivity contribution in [3.05, 3.63) is 24.2 Å². The number of likely N-dealkylation sites (N-methyl/N-ethyl adjacent to an activating group) is 1. The van der Waals surface area contributed by atoms with Gasteiger partial charge in [0, 0.05) is 13.6 Å². The van der Waals surface area contributed by atoms with Gasteiger partial charge in [0.05, 0.1) is 25.0 Å². The average molecular weight is 224 g/mol. The largest absolute Gasteiger partial charge is 0.467 e. The SMILES string of the molecule is CN(Cc1ccco1)C(=O)C1CC(O)CN1. The predicted octanol–water partition coefficient (Wildman–Crippen LogP) is -0.0392. The summed E-state index contributed by atoms with van der Waals surface area (Å²) in [5.74, 6) is 0.752. The Morgan fingerprint density at radius 3 is 3.12 bits per heavy atom. The second-order valence-electron chi connectivity index (χ2n) is 4.12. The van der Waals surface area contributed by atoms with Crippen LogP contribution in [-0.2, 0) is 11.3 Å². The summed E-state index contributed by atoms with van der Waals surface area (Å²) in [6.07, 6.45) is 1.66. The molecule has 0 saturated carbocycles. The Morgan fingerprint density at radius 1 is 1.75 bits per heavy atom. The average Bonchev–Trinajstić information content (AvgIpc) is 2.88. The molecule has 0 spiro atoms. The van der Waals surface area contributed by atoms with Crippen molar-refractivity contribution < 1.29 is 14.3 Å². The van der Waals surface area contributed by atoms with E-state index < -0.39 is 6.10 Å². The number of carbonyl (C=O) groups is 1. The fourth-order valence-corrected chi connectivity index (χ4v) is 1.89. The van der Waals surface area contributed by atoms with Crippen molar-refractivity contribution in [3.8, 4) is 0 Å². The molecule has 1 aromatic heterocycles. The number of nitrogens with one attached hydrogen (secondary N) is 1. The van der Waals surface area contributed by atoms with E-state index >= 15 is 0 Å². The Bertz CT molecular complexity index is 350. The summed E-state index contributed by atoms with van der Waals surface area (Å²) in [4.78, 5) is 13.5. The van der Waals surface area contributed by atoms with Crippen LogP contribution in [0, 0.1) is 0 Å². The second kappa shape index (κ2) is 4.67. The molecule has 1 aliphatic rings. The third-order valence-corrected chi connectivity index (χ3v) is 2.76. The fourth-order valence-electron chi connectivity index (χ4n) is 1.89. The number of aliphatic hydroxyl groups excluding tert-OH is 1. The third kappa shape index (κ3) is 2.43. The highest BCUT2D eigenvalue weighted by Crippen LogP contribution is 2.11. The van der Waals surface area contributed by atoms with Gasteiger partial charge in [0.1, 0.15) is 5.76 Å². The molecule has 1 fully saturated rings. The number of nitrogens with zero attached hydrogens (tertiary/aromatic N) is 1. The molecule has 88 valence electrons. The minimum Gasteiger partial charge on any atom is -0.467 e. The Balaban J connectivity index is 1.89. The predicted molar refractivity (Wildman–Crippen MR) is 57.6 cm³/mol. The van der Waals surface area contributed by atoms with Crippen LogP contribution < -0.4 is 5.32 Å². The molecule has 1 saturated heterocycles. The second-order valence-corrected chi connectivity index (χ2v) is 4.12. The molecular formula is C11H16N2O3. The summed E-state index contributed by atoms with van der Waals surface area (Å²) in [6, 6.07) is 3.36. The number of rotatable bonds is 3. The van der Waals surface area contributed by atoms with Crippen LogP contribution in [0.5, 0.6) is 0 Å². The van der Waals surface area contributed by atoms with Crippen LogP contribution in [0.4, 0.5) is 0 Å². The number of aliphatic hydroxyl groups is 1. The van der Waals surface area contributed by atoms with Crippen molar-refractivity contribution in [2.75, 3.05) is 13.6 Å². The van der Waals surface area contributed by atoms with Gasteiger partial charge in [0.2, 0.25) is 5.91 Å². The molecule has 2 N–H and O–H groups in total. The van der Waals surface area contributed by atoms with Gasteiger partial charge in [-0.25, -0.2) is 0 Å². The molecule has 0 aliphatic carbocycles. The molecule has 2 heterocycles. The summed E-state index contributed by atoms with van der Waals surface area (Å²) in [6.45, 7) is 0.950. The Labute approximate surface area is 94.0 Å². The van der Waals surface area contributed by atoms with Gasteiger partial charge in [0.25, 0.3) is 0 Å². The zero-order chi connectivity index (χ0) is 11.5. The van der Waals surface area contributed by atoms with Gasteiger partial charge < -0.3 is 19.7 Å². The number of carbonyl (C=O) groups excluding carboxylic acids is 1. The smallest absolute Gasteiger partial charge is 0.239 e. The van der Waals surface area contributed by atoms with Crippen molar-refractivity contribution >= 4 is 5.91 Å². The summed E-state index contributed by atoms with van der Waals surface area (Å²) in [5.41, 5.74) is 0. The normalized spacial score (nSPS) is 24.6. The molecule has 0 bridgehead atoms. The first-order chi connectivity index (χ1) is 7.66. The zero-order valence-electron chi connectivity index (χ0n) is 9.22. The molecule has 0 radical (unpaired) electrons. The van der Waals surface area contributed by atoms with E-state index in [0.717, 1.165) is 5.76 Å². The molecule has 1 amide bonds. The number of hydrogen-bond donors (Lipinski definition) is 2. The monoisotopic (exact) mass is 224 g/mol. The van der Waals surface area contributed by atoms with Crippen LogP contribution in [-0.4, -0.2) is 41.7 Å². The molecule has 1 aliphatic heterocycles. The van der Waals surface area contributed by atoms with Gasteiger partial charge >= 0.3 is 0 Å². The lowest BCUT2D eigenvalue weighted by Gasteiger charge is -2.19. The Hall–Kier alpha value is -1.33. The topological polar surface area (TPSA) is 65.7 Å². The number of β-amino-alcohol motifs (C(OH)–C–C–N with tert-alkyl or cyclic N) is 1. The van der Waals surface area contributed by atoms with Gasteiger partial charge in [-0.15, -0.1) is 0 Å². The molecule has 0 aromatic carbocycles. The number of hydrogen-bond acceptors (Lipinski definition) is 4. The molecule has 5 heteroatoms. The minimum absolute atomic E-state index is 0.00653. The van der Waals surface area contributed by atoms with Crippen LogP contribution in [0.3, 0.4) is 0 Å². The van der Waals surface area contributed by atoms with Crippen LogP contribution in [0.15, 0.2) is 22.8 Å². The summed E-state index contributed by atoms with van der Waals surface area (Å²) < 4.78 is 5.17. The molecule has 2 atom stereocenters. The highest BCUT2D eigenvalue weighted by Gasteiger charge is 2.30. The minimum atomic E-state index is -0.411. The standard InChI is InChI=1S/C11H16N2O3/c1-13(7-9-3-2-4-16-9)11(15)10-5-8(14)6-12-10/h2-4,8,10,12,14H,5-7H2,1H3. The quantitative estimate of drug-likeness (QED) is 0.756. The van der Waals surface area contributed by atoms with E-state index in [4.69, 9.17) is 4.42 Å². The van der Waals surface area contributed by atoms with E-state index in [-0.39, 0.29) is 11.9 Å². The van der Waals surface area contributed by atoms with E-state index in [1.807, 2.05) is 6.07 Å². The molecule has 5 nitrogen and oxygen atoms in total. The highest BCUT2D eigenvalue weighted by molar-refractivity contribution is 5.82. The van der Waals surface area contributed by atoms with Gasteiger partial charge in [-0.05, 0) is 18.6 Å². The molecule has 1 aromatic rings. The first kappa shape index (κ1) is 11.2. The summed E-state index contributed by atoms with van der Waals surface area (Å²) >= 11 is 0. The van der Waals surface area contributed by atoms with Gasteiger partial charge in [-0.1, -0.05) is 0 Å². The number of amides is 1. The summed E-state index contributed by atoms with van der Waals surface area (Å²) in [7, 11) is 1.73. The van der Waals surface area contributed by atoms with Crippen molar-refractivity contribution in [2.24, 2.45) is 0 Å². The maximum atomic E-state index is 11.9. The van der Waals surface area contributed by atoms with Crippen molar-refractivity contribution in [1.82, 2.24) is 10.2 Å². The van der Waals surface area contributed by atoms with E-state index in [9.17, 15) is 9.90 Å². The number of furan rings is 1. The van der Waals surface area contributed by atoms with Crippen molar-refractivity contribution in [1.29, 1.82) is 0 Å². The Kier molecular flexibility index (Phi) is 3.26. The third-order valence-electron chi connectivity index (χ3n) is 2.76. The maximum absolute atomic E-state index is 11.9. The van der Waals surface area contributed by atoms with Gasteiger partial charge in [-0.2, -0.15) is 0 Å². The lowest BCUT2D eigenvalue weighted by molar-refractivity contribution is -0.132. The van der Waals surface area contributed by atoms with Gasteiger partial charge in [-0.3, -0.25) is 4.79 Å². The van der Waals surface area contributed by atoms with E-state index in [2.05, 4.69) is 5.32 Å². The van der Waals surface area contributed by atoms with Crippen LogP contribution in [0.1, 0.15) is 12.2 Å². The first-order valence-electron chi connectivity index (χ1n) is 5.35. The van der Waals surface area contributed by atoms with Crippen LogP contribution >= 0.6 is 0 Å². The van der Waals surface area contributed by atoms with Crippen molar-refractivity contribution in [2.45, 2.75) is 25.1 Å². The first-order valence-corrected chi connectivity index (χ1v) is 5.35. The van der Waals surface area contributed by atoms with E-state index in [0.29, 0.717) is 19.5 Å². The molecular weight excluding hydrogens is 208 g/mol.